The van der Waals surface area contributed by atoms with Crippen molar-refractivity contribution in [2.24, 2.45) is 0 Å². The monoisotopic (exact) mass is 452 g/mol. The Kier molecular flexibility index (Phi) is 9.28. The highest BCUT2D eigenvalue weighted by Crippen LogP contribution is 2.21. The summed E-state index contributed by atoms with van der Waals surface area (Å²) in [6.45, 7) is 4.49. The highest BCUT2D eigenvalue weighted by Gasteiger charge is 2.20. The van der Waals surface area contributed by atoms with Gasteiger partial charge in [-0.25, -0.2) is 0 Å². The molecule has 1 aliphatic rings. The number of carbonyl (C=O) groups excluding carboxylic acids is 2. The van der Waals surface area contributed by atoms with Crippen LogP contribution in [0.2, 0.25) is 0 Å². The Morgan fingerprint density at radius 2 is 1.64 bits per heavy atom. The predicted molar refractivity (Wildman–Crippen MR) is 131 cm³/mol. The molecule has 0 bridgehead atoms. The van der Waals surface area contributed by atoms with Crippen molar-refractivity contribution in [3.05, 3.63) is 57.5 Å². The molecule has 1 aliphatic carbocycles. The molecule has 3 rings (SSSR count). The van der Waals surface area contributed by atoms with Gasteiger partial charge in [0.1, 0.15) is 11.3 Å². The normalized spacial score (nSPS) is 14.2. The zero-order valence-electron chi connectivity index (χ0n) is 20.0. The molecule has 0 saturated carbocycles. The Labute approximate surface area is 196 Å². The minimum absolute atomic E-state index is 0.198. The first-order valence-electron chi connectivity index (χ1n) is 12.4. The standard InChI is InChI=1S/C27H36N2O4/c1-3-5-18-29-24-13-11-9-7-6-8-10-12-20(24)19-23(27(29)32)26(31)28-21-14-16-22(17-15-21)33-25(30)4-2/h14-17,19H,3-13,18H2,1-2H3,(H,28,31). The van der Waals surface area contributed by atoms with Gasteiger partial charge in [0.15, 0.2) is 0 Å². The third kappa shape index (κ3) is 6.80. The Morgan fingerprint density at radius 1 is 0.970 bits per heavy atom. The van der Waals surface area contributed by atoms with E-state index in [9.17, 15) is 14.4 Å². The fraction of sp³-hybridized carbons (Fsp3) is 0.519. The number of anilines is 1. The molecular weight excluding hydrogens is 416 g/mol. The zero-order valence-corrected chi connectivity index (χ0v) is 20.0. The molecule has 0 saturated heterocycles. The molecule has 178 valence electrons. The second-order valence-electron chi connectivity index (χ2n) is 8.77. The van der Waals surface area contributed by atoms with Crippen molar-refractivity contribution >= 4 is 17.6 Å². The molecule has 0 atom stereocenters. The number of aryl methyl sites for hydroxylation is 1. The molecule has 1 amide bonds. The van der Waals surface area contributed by atoms with Crippen molar-refractivity contribution in [1.29, 1.82) is 0 Å². The van der Waals surface area contributed by atoms with E-state index in [1.54, 1.807) is 31.2 Å². The van der Waals surface area contributed by atoms with Crippen LogP contribution in [-0.2, 0) is 24.2 Å². The summed E-state index contributed by atoms with van der Waals surface area (Å²) in [5.41, 5.74) is 2.80. The van der Waals surface area contributed by atoms with Crippen molar-refractivity contribution in [3.63, 3.8) is 0 Å². The van der Waals surface area contributed by atoms with Gasteiger partial charge >= 0.3 is 5.97 Å². The summed E-state index contributed by atoms with van der Waals surface area (Å²) in [6, 6.07) is 8.44. The van der Waals surface area contributed by atoms with Gasteiger partial charge in [0.05, 0.1) is 0 Å². The van der Waals surface area contributed by atoms with Crippen molar-refractivity contribution in [2.75, 3.05) is 5.32 Å². The lowest BCUT2D eigenvalue weighted by molar-refractivity contribution is -0.134. The average molecular weight is 453 g/mol. The third-order valence-corrected chi connectivity index (χ3v) is 6.21. The van der Waals surface area contributed by atoms with Crippen LogP contribution in [0.4, 0.5) is 5.69 Å². The smallest absolute Gasteiger partial charge is 0.310 e. The van der Waals surface area contributed by atoms with Gasteiger partial charge in [0, 0.05) is 24.3 Å². The molecule has 2 aromatic rings. The summed E-state index contributed by atoms with van der Waals surface area (Å²) in [7, 11) is 0. The molecule has 0 aliphatic heterocycles. The number of hydrogen-bond acceptors (Lipinski definition) is 4. The van der Waals surface area contributed by atoms with E-state index in [2.05, 4.69) is 12.2 Å². The SMILES string of the molecule is CCCCn1c2c(cc(C(=O)Nc3ccc(OC(=O)CC)cc3)c1=O)CCCCCCCC2. The number of hydrogen-bond donors (Lipinski definition) is 1. The largest absolute Gasteiger partial charge is 0.427 e. The van der Waals surface area contributed by atoms with E-state index in [1.807, 2.05) is 10.6 Å². The first-order chi connectivity index (χ1) is 16.0. The summed E-state index contributed by atoms with van der Waals surface area (Å²) >= 11 is 0. The zero-order chi connectivity index (χ0) is 23.6. The fourth-order valence-corrected chi connectivity index (χ4v) is 4.31. The maximum atomic E-state index is 13.4. The predicted octanol–water partition coefficient (Wildman–Crippen LogP) is 5.66. The number of ether oxygens (including phenoxy) is 1. The Balaban J connectivity index is 1.88. The van der Waals surface area contributed by atoms with Gasteiger partial charge < -0.3 is 14.6 Å². The van der Waals surface area contributed by atoms with E-state index in [0.29, 0.717) is 24.4 Å². The van der Waals surface area contributed by atoms with Gasteiger partial charge in [0.25, 0.3) is 11.5 Å². The van der Waals surface area contributed by atoms with Gasteiger partial charge in [0.2, 0.25) is 0 Å². The number of carbonyl (C=O) groups is 2. The van der Waals surface area contributed by atoms with E-state index in [0.717, 1.165) is 49.8 Å². The Hall–Kier alpha value is -2.89. The molecule has 1 aromatic heterocycles. The number of amides is 1. The first kappa shape index (κ1) is 24.7. The van der Waals surface area contributed by atoms with Gasteiger partial charge in [-0.15, -0.1) is 0 Å². The molecule has 1 heterocycles. The fourth-order valence-electron chi connectivity index (χ4n) is 4.31. The molecule has 0 unspecified atom stereocenters. The quantitative estimate of drug-likeness (QED) is 0.435. The molecule has 6 heteroatoms. The Morgan fingerprint density at radius 3 is 2.30 bits per heavy atom. The Bertz CT molecular complexity index is 1010. The second-order valence-corrected chi connectivity index (χ2v) is 8.77. The number of aromatic nitrogens is 1. The van der Waals surface area contributed by atoms with E-state index in [4.69, 9.17) is 4.74 Å². The van der Waals surface area contributed by atoms with E-state index >= 15 is 0 Å². The van der Waals surface area contributed by atoms with Crippen LogP contribution < -0.4 is 15.6 Å². The molecule has 0 radical (unpaired) electrons. The van der Waals surface area contributed by atoms with E-state index in [1.165, 1.54) is 25.7 Å². The molecule has 1 aromatic carbocycles. The molecule has 33 heavy (non-hydrogen) atoms. The number of nitrogens with one attached hydrogen (secondary N) is 1. The van der Waals surface area contributed by atoms with E-state index in [-0.39, 0.29) is 17.1 Å². The number of rotatable bonds is 7. The highest BCUT2D eigenvalue weighted by molar-refractivity contribution is 6.04. The molecular formula is C27H36N2O4. The molecule has 0 spiro atoms. The van der Waals surface area contributed by atoms with E-state index < -0.39 is 5.91 Å². The number of benzene rings is 1. The number of fused-ring (bicyclic) bond motifs is 1. The highest BCUT2D eigenvalue weighted by atomic mass is 16.5. The van der Waals surface area contributed by atoms with Crippen LogP contribution in [0.25, 0.3) is 0 Å². The van der Waals surface area contributed by atoms with Crippen LogP contribution in [0, 0.1) is 0 Å². The summed E-state index contributed by atoms with van der Waals surface area (Å²) in [6.07, 6.45) is 11.0. The maximum absolute atomic E-state index is 13.4. The first-order valence-corrected chi connectivity index (χ1v) is 12.4. The van der Waals surface area contributed by atoms with Crippen LogP contribution in [0.1, 0.15) is 93.3 Å². The minimum Gasteiger partial charge on any atom is -0.427 e. The maximum Gasteiger partial charge on any atom is 0.310 e. The topological polar surface area (TPSA) is 77.4 Å². The number of nitrogens with zero attached hydrogens (tertiary/aromatic N) is 1. The molecule has 6 nitrogen and oxygen atoms in total. The van der Waals surface area contributed by atoms with Gasteiger partial charge in [-0.1, -0.05) is 46.0 Å². The lowest BCUT2D eigenvalue weighted by Crippen LogP contribution is -2.32. The second kappa shape index (κ2) is 12.4. The average Bonchev–Trinajstić information content (AvgIpc) is 2.82. The van der Waals surface area contributed by atoms with Crippen molar-refractivity contribution < 1.29 is 14.3 Å². The lowest BCUT2D eigenvalue weighted by Gasteiger charge is -2.20. The summed E-state index contributed by atoms with van der Waals surface area (Å²) in [4.78, 5) is 38.0. The summed E-state index contributed by atoms with van der Waals surface area (Å²) in [5.74, 6) is -0.287. The van der Waals surface area contributed by atoms with Crippen LogP contribution in [-0.4, -0.2) is 16.4 Å². The van der Waals surface area contributed by atoms with Gasteiger partial charge in [-0.2, -0.15) is 0 Å². The molecule has 1 N–H and O–H groups in total. The summed E-state index contributed by atoms with van der Waals surface area (Å²) in [5, 5.41) is 2.84. The van der Waals surface area contributed by atoms with Crippen LogP contribution >= 0.6 is 0 Å². The van der Waals surface area contributed by atoms with Crippen molar-refractivity contribution in [2.45, 2.75) is 91.0 Å². The van der Waals surface area contributed by atoms with Crippen molar-refractivity contribution in [3.8, 4) is 5.75 Å². The lowest BCUT2D eigenvalue weighted by atomic mass is 9.96. The minimum atomic E-state index is -0.400. The van der Waals surface area contributed by atoms with Gasteiger partial charge in [-0.3, -0.25) is 14.4 Å². The van der Waals surface area contributed by atoms with Crippen LogP contribution in [0.3, 0.4) is 0 Å². The van der Waals surface area contributed by atoms with Crippen LogP contribution in [0.5, 0.6) is 5.75 Å². The molecule has 0 fully saturated rings. The summed E-state index contributed by atoms with van der Waals surface area (Å²) < 4.78 is 7.04. The van der Waals surface area contributed by atoms with Crippen molar-refractivity contribution in [1.82, 2.24) is 4.57 Å². The van der Waals surface area contributed by atoms with Gasteiger partial charge in [-0.05, 0) is 68.0 Å². The number of esters is 1. The number of pyridine rings is 1. The van der Waals surface area contributed by atoms with Crippen LogP contribution in [0.15, 0.2) is 35.1 Å². The number of unbranched alkanes of at least 4 members (excludes halogenated alkanes) is 1. The third-order valence-electron chi connectivity index (χ3n) is 6.21.